The second kappa shape index (κ2) is 3.64. The van der Waals surface area contributed by atoms with Crippen molar-refractivity contribution >= 4 is 5.91 Å². The van der Waals surface area contributed by atoms with Crippen LogP contribution in [0.1, 0.15) is 20.3 Å². The molecule has 0 spiro atoms. The van der Waals surface area contributed by atoms with Crippen LogP contribution in [0.5, 0.6) is 0 Å². The van der Waals surface area contributed by atoms with Crippen LogP contribution < -0.4 is 5.73 Å². The summed E-state index contributed by atoms with van der Waals surface area (Å²) in [7, 11) is 1.71. The molecule has 2 unspecified atom stereocenters. The molecular weight excluding hydrogens is 168 g/mol. The van der Waals surface area contributed by atoms with Gasteiger partial charge in [-0.05, 0) is 20.3 Å². The lowest BCUT2D eigenvalue weighted by Crippen LogP contribution is -2.43. The molecule has 0 radical (unpaired) electrons. The highest BCUT2D eigenvalue weighted by Gasteiger charge is 2.36. The van der Waals surface area contributed by atoms with Crippen LogP contribution in [0.4, 0.5) is 0 Å². The molecule has 76 valence electrons. The maximum atomic E-state index is 10.9. The predicted molar refractivity (Wildman–Crippen MR) is 50.3 cm³/mol. The topological polar surface area (TPSA) is 55.6 Å². The monoisotopic (exact) mass is 186 g/mol. The quantitative estimate of drug-likeness (QED) is 0.673. The first kappa shape index (κ1) is 10.5. The molecule has 4 nitrogen and oxygen atoms in total. The smallest absolute Gasteiger partial charge is 0.234 e. The summed E-state index contributed by atoms with van der Waals surface area (Å²) in [5.74, 6) is -0.264. The molecule has 1 saturated heterocycles. The van der Waals surface area contributed by atoms with Gasteiger partial charge in [0.05, 0.1) is 11.6 Å². The second-order valence-corrected chi connectivity index (χ2v) is 3.95. The third-order valence-electron chi connectivity index (χ3n) is 2.92. The van der Waals surface area contributed by atoms with Gasteiger partial charge in [0.1, 0.15) is 0 Å². The lowest BCUT2D eigenvalue weighted by molar-refractivity contribution is -0.122. The van der Waals surface area contributed by atoms with Gasteiger partial charge in [0.15, 0.2) is 0 Å². The Hall–Kier alpha value is -0.610. The summed E-state index contributed by atoms with van der Waals surface area (Å²) in [5.41, 5.74) is 5.12. The molecule has 0 saturated carbocycles. The molecular formula is C9H18N2O2. The summed E-state index contributed by atoms with van der Waals surface area (Å²) in [6, 6.07) is -0.183. The first-order valence-electron chi connectivity index (χ1n) is 4.57. The van der Waals surface area contributed by atoms with Crippen LogP contribution in [0.25, 0.3) is 0 Å². The van der Waals surface area contributed by atoms with Gasteiger partial charge in [0.2, 0.25) is 5.91 Å². The Kier molecular flexibility index (Phi) is 2.93. The fourth-order valence-corrected chi connectivity index (χ4v) is 1.64. The van der Waals surface area contributed by atoms with Crippen molar-refractivity contribution in [2.75, 3.05) is 20.2 Å². The Morgan fingerprint density at radius 2 is 2.31 bits per heavy atom. The number of carbonyl (C=O) groups excluding carboxylic acids is 1. The number of amides is 1. The fraction of sp³-hybridized carbons (Fsp3) is 0.889. The van der Waals surface area contributed by atoms with E-state index in [9.17, 15) is 4.79 Å². The SMILES string of the molecule is COC1(C)CCN(C(C)C(N)=O)C1. The Labute approximate surface area is 79.0 Å². The molecule has 2 atom stereocenters. The van der Waals surface area contributed by atoms with Crippen molar-refractivity contribution in [3.05, 3.63) is 0 Å². The van der Waals surface area contributed by atoms with Crippen LogP contribution in [0.15, 0.2) is 0 Å². The van der Waals surface area contributed by atoms with E-state index in [-0.39, 0.29) is 17.6 Å². The van der Waals surface area contributed by atoms with E-state index in [0.29, 0.717) is 0 Å². The molecule has 1 aliphatic rings. The molecule has 1 amide bonds. The highest BCUT2D eigenvalue weighted by atomic mass is 16.5. The molecule has 4 heteroatoms. The third kappa shape index (κ3) is 2.19. The van der Waals surface area contributed by atoms with E-state index in [1.807, 2.05) is 6.92 Å². The number of rotatable bonds is 3. The highest BCUT2D eigenvalue weighted by molar-refractivity contribution is 5.79. The lowest BCUT2D eigenvalue weighted by Gasteiger charge is -2.25. The summed E-state index contributed by atoms with van der Waals surface area (Å²) in [4.78, 5) is 13.0. The number of methoxy groups -OCH3 is 1. The van der Waals surface area contributed by atoms with Gasteiger partial charge < -0.3 is 10.5 Å². The normalized spacial score (nSPS) is 31.9. The van der Waals surface area contributed by atoms with Crippen molar-refractivity contribution in [1.29, 1.82) is 0 Å². The zero-order valence-electron chi connectivity index (χ0n) is 8.54. The molecule has 13 heavy (non-hydrogen) atoms. The Balaban J connectivity index is 2.54. The summed E-state index contributed by atoms with van der Waals surface area (Å²) < 4.78 is 5.36. The number of primary amides is 1. The number of nitrogens with two attached hydrogens (primary N) is 1. The van der Waals surface area contributed by atoms with Gasteiger partial charge in [-0.15, -0.1) is 0 Å². The van der Waals surface area contributed by atoms with E-state index >= 15 is 0 Å². The molecule has 0 aromatic rings. The number of hydrogen-bond donors (Lipinski definition) is 1. The van der Waals surface area contributed by atoms with Crippen molar-refractivity contribution in [2.45, 2.75) is 31.9 Å². The minimum atomic E-state index is -0.264. The van der Waals surface area contributed by atoms with Gasteiger partial charge >= 0.3 is 0 Å². The van der Waals surface area contributed by atoms with Crippen molar-refractivity contribution < 1.29 is 9.53 Å². The first-order chi connectivity index (χ1) is 5.98. The van der Waals surface area contributed by atoms with Gasteiger partial charge in [-0.3, -0.25) is 9.69 Å². The van der Waals surface area contributed by atoms with E-state index in [1.165, 1.54) is 0 Å². The summed E-state index contributed by atoms with van der Waals surface area (Å²) in [6.45, 7) is 5.56. The Bertz CT molecular complexity index is 208. The fourth-order valence-electron chi connectivity index (χ4n) is 1.64. The van der Waals surface area contributed by atoms with E-state index < -0.39 is 0 Å². The van der Waals surface area contributed by atoms with Gasteiger partial charge in [0, 0.05) is 20.2 Å². The van der Waals surface area contributed by atoms with Gasteiger partial charge in [-0.1, -0.05) is 0 Å². The van der Waals surface area contributed by atoms with Crippen LogP contribution in [-0.4, -0.2) is 42.6 Å². The largest absolute Gasteiger partial charge is 0.377 e. The number of likely N-dealkylation sites (tertiary alicyclic amines) is 1. The molecule has 0 bridgehead atoms. The average Bonchev–Trinajstić information content (AvgIpc) is 2.47. The minimum Gasteiger partial charge on any atom is -0.377 e. The molecule has 0 aromatic heterocycles. The minimum absolute atomic E-state index is 0.107. The molecule has 2 N–H and O–H groups in total. The standard InChI is InChI=1S/C9H18N2O2/c1-7(8(10)12)11-5-4-9(2,6-11)13-3/h7H,4-6H2,1-3H3,(H2,10,12). The van der Waals surface area contributed by atoms with Crippen molar-refractivity contribution in [2.24, 2.45) is 5.73 Å². The predicted octanol–water partition coefficient (Wildman–Crippen LogP) is -0.0290. The van der Waals surface area contributed by atoms with Crippen LogP contribution >= 0.6 is 0 Å². The lowest BCUT2D eigenvalue weighted by atomic mass is 10.1. The Morgan fingerprint density at radius 1 is 1.69 bits per heavy atom. The molecule has 0 aromatic carbocycles. The average molecular weight is 186 g/mol. The molecule has 0 aliphatic carbocycles. The third-order valence-corrected chi connectivity index (χ3v) is 2.92. The number of ether oxygens (including phenoxy) is 1. The zero-order chi connectivity index (χ0) is 10.1. The highest BCUT2D eigenvalue weighted by Crippen LogP contribution is 2.25. The Morgan fingerprint density at radius 3 is 2.69 bits per heavy atom. The first-order valence-corrected chi connectivity index (χ1v) is 4.57. The van der Waals surface area contributed by atoms with E-state index in [2.05, 4.69) is 11.8 Å². The second-order valence-electron chi connectivity index (χ2n) is 3.95. The number of hydrogen-bond acceptors (Lipinski definition) is 3. The van der Waals surface area contributed by atoms with Crippen molar-refractivity contribution in [1.82, 2.24) is 4.90 Å². The van der Waals surface area contributed by atoms with Gasteiger partial charge in [0.25, 0.3) is 0 Å². The van der Waals surface area contributed by atoms with E-state index in [0.717, 1.165) is 19.5 Å². The maximum Gasteiger partial charge on any atom is 0.234 e. The van der Waals surface area contributed by atoms with Gasteiger partial charge in [-0.2, -0.15) is 0 Å². The molecule has 1 aliphatic heterocycles. The molecule has 1 fully saturated rings. The van der Waals surface area contributed by atoms with Gasteiger partial charge in [-0.25, -0.2) is 0 Å². The van der Waals surface area contributed by atoms with Crippen LogP contribution in [-0.2, 0) is 9.53 Å². The van der Waals surface area contributed by atoms with Crippen molar-refractivity contribution in [3.8, 4) is 0 Å². The number of carbonyl (C=O) groups is 1. The van der Waals surface area contributed by atoms with Crippen LogP contribution in [0.3, 0.4) is 0 Å². The molecule has 1 rings (SSSR count). The zero-order valence-corrected chi connectivity index (χ0v) is 8.54. The number of nitrogens with zero attached hydrogens (tertiary/aromatic N) is 1. The molecule has 1 heterocycles. The summed E-state index contributed by atoms with van der Waals surface area (Å²) >= 11 is 0. The summed E-state index contributed by atoms with van der Waals surface area (Å²) in [6.07, 6.45) is 0.959. The van der Waals surface area contributed by atoms with Crippen LogP contribution in [0, 0.1) is 0 Å². The van der Waals surface area contributed by atoms with E-state index in [1.54, 1.807) is 7.11 Å². The van der Waals surface area contributed by atoms with Crippen molar-refractivity contribution in [3.63, 3.8) is 0 Å². The maximum absolute atomic E-state index is 10.9. The summed E-state index contributed by atoms with van der Waals surface area (Å²) in [5, 5.41) is 0. The van der Waals surface area contributed by atoms with E-state index in [4.69, 9.17) is 10.5 Å². The van der Waals surface area contributed by atoms with Crippen LogP contribution in [0.2, 0.25) is 0 Å².